The predicted molar refractivity (Wildman–Crippen MR) is 123 cm³/mol. The number of amides is 1. The van der Waals surface area contributed by atoms with Gasteiger partial charge in [0.05, 0.1) is 13.7 Å². The van der Waals surface area contributed by atoms with Gasteiger partial charge in [-0.05, 0) is 37.5 Å². The fraction of sp³-hybridized carbons (Fsp3) is 0.462. The van der Waals surface area contributed by atoms with E-state index in [0.29, 0.717) is 42.3 Å². The standard InChI is InChI=1S/C26H31NO6/c1-18-8-7-9-19(14-18)10-13-31-21-15-20(16-22-23(21)33-17-32-22)24(28)27-26(25(29)30-2)11-5-3-4-6-12-26/h7-9,14-16H,3-6,10-13,17H2,1-2H3,(H,27,28). The topological polar surface area (TPSA) is 83.1 Å². The molecule has 1 amide bonds. The highest BCUT2D eigenvalue weighted by molar-refractivity contribution is 5.99. The molecule has 1 fully saturated rings. The Morgan fingerprint density at radius 1 is 1.06 bits per heavy atom. The van der Waals surface area contributed by atoms with E-state index in [1.165, 1.54) is 18.2 Å². The Labute approximate surface area is 194 Å². The van der Waals surface area contributed by atoms with Crippen LogP contribution in [0.3, 0.4) is 0 Å². The van der Waals surface area contributed by atoms with E-state index < -0.39 is 11.5 Å². The average Bonchev–Trinajstić information content (AvgIpc) is 3.17. The normalized spacial score (nSPS) is 16.5. The maximum Gasteiger partial charge on any atom is 0.331 e. The molecule has 1 heterocycles. The molecule has 0 bridgehead atoms. The molecule has 7 nitrogen and oxygen atoms in total. The van der Waals surface area contributed by atoms with Crippen molar-refractivity contribution in [2.24, 2.45) is 0 Å². The predicted octanol–water partition coefficient (Wildman–Crippen LogP) is 4.34. The lowest BCUT2D eigenvalue weighted by Gasteiger charge is -2.31. The number of carbonyl (C=O) groups excluding carboxylic acids is 2. The van der Waals surface area contributed by atoms with Crippen LogP contribution in [0.2, 0.25) is 0 Å². The second kappa shape index (κ2) is 10.1. The summed E-state index contributed by atoms with van der Waals surface area (Å²) in [6.07, 6.45) is 5.66. The zero-order chi connectivity index (χ0) is 23.3. The highest BCUT2D eigenvalue weighted by Crippen LogP contribution is 2.42. The van der Waals surface area contributed by atoms with Gasteiger partial charge in [0, 0.05) is 12.0 Å². The van der Waals surface area contributed by atoms with Gasteiger partial charge in [0.2, 0.25) is 12.5 Å². The number of hydrogen-bond acceptors (Lipinski definition) is 6. The van der Waals surface area contributed by atoms with Crippen molar-refractivity contribution in [3.8, 4) is 17.2 Å². The summed E-state index contributed by atoms with van der Waals surface area (Å²) < 4.78 is 22.2. The average molecular weight is 454 g/mol. The monoisotopic (exact) mass is 453 g/mol. The lowest BCUT2D eigenvalue weighted by molar-refractivity contribution is -0.148. The molecule has 7 heteroatoms. The van der Waals surface area contributed by atoms with Crippen molar-refractivity contribution in [2.45, 2.75) is 57.4 Å². The third-order valence-electron chi connectivity index (χ3n) is 6.32. The minimum absolute atomic E-state index is 0.0702. The second-order valence-electron chi connectivity index (χ2n) is 8.74. The third kappa shape index (κ3) is 5.24. The van der Waals surface area contributed by atoms with Gasteiger partial charge < -0.3 is 24.3 Å². The van der Waals surface area contributed by atoms with Gasteiger partial charge in [-0.3, -0.25) is 4.79 Å². The Bertz CT molecular complexity index is 1010. The van der Waals surface area contributed by atoms with E-state index in [1.807, 2.05) is 6.07 Å². The number of rotatable bonds is 7. The fourth-order valence-electron chi connectivity index (χ4n) is 4.56. The molecular weight excluding hydrogens is 422 g/mol. The molecule has 0 atom stereocenters. The number of fused-ring (bicyclic) bond motifs is 1. The fourth-order valence-corrected chi connectivity index (χ4v) is 4.56. The highest BCUT2D eigenvalue weighted by Gasteiger charge is 2.41. The Hall–Kier alpha value is -3.22. The van der Waals surface area contributed by atoms with Crippen molar-refractivity contribution in [2.75, 3.05) is 20.5 Å². The van der Waals surface area contributed by atoms with Gasteiger partial charge in [0.1, 0.15) is 5.54 Å². The quantitative estimate of drug-likeness (QED) is 0.496. The van der Waals surface area contributed by atoms with Crippen LogP contribution in [0.5, 0.6) is 17.2 Å². The summed E-state index contributed by atoms with van der Waals surface area (Å²) >= 11 is 0. The van der Waals surface area contributed by atoms with Crippen LogP contribution < -0.4 is 19.5 Å². The van der Waals surface area contributed by atoms with Gasteiger partial charge in [-0.15, -0.1) is 0 Å². The summed E-state index contributed by atoms with van der Waals surface area (Å²) in [5, 5.41) is 2.98. The van der Waals surface area contributed by atoms with Crippen LogP contribution in [0.25, 0.3) is 0 Å². The molecule has 1 aliphatic carbocycles. The van der Waals surface area contributed by atoms with E-state index in [1.54, 1.807) is 12.1 Å². The van der Waals surface area contributed by atoms with Gasteiger partial charge in [-0.25, -0.2) is 4.79 Å². The summed E-state index contributed by atoms with van der Waals surface area (Å²) in [5.41, 5.74) is 1.72. The van der Waals surface area contributed by atoms with Crippen molar-refractivity contribution >= 4 is 11.9 Å². The van der Waals surface area contributed by atoms with E-state index in [-0.39, 0.29) is 12.7 Å². The number of ether oxygens (including phenoxy) is 4. The molecule has 176 valence electrons. The molecule has 0 saturated heterocycles. The van der Waals surface area contributed by atoms with E-state index in [2.05, 4.69) is 30.4 Å². The van der Waals surface area contributed by atoms with Crippen LogP contribution in [-0.2, 0) is 16.0 Å². The first-order valence-corrected chi connectivity index (χ1v) is 11.5. The molecule has 1 N–H and O–H groups in total. The van der Waals surface area contributed by atoms with Crippen LogP contribution >= 0.6 is 0 Å². The summed E-state index contributed by atoms with van der Waals surface area (Å²) in [7, 11) is 1.36. The number of benzene rings is 2. The van der Waals surface area contributed by atoms with Crippen LogP contribution in [0.1, 0.15) is 60.0 Å². The van der Waals surface area contributed by atoms with Gasteiger partial charge >= 0.3 is 5.97 Å². The second-order valence-corrected chi connectivity index (χ2v) is 8.74. The van der Waals surface area contributed by atoms with Crippen molar-refractivity contribution in [1.82, 2.24) is 5.32 Å². The Morgan fingerprint density at radius 3 is 2.58 bits per heavy atom. The van der Waals surface area contributed by atoms with Gasteiger partial charge in [0.15, 0.2) is 11.5 Å². The minimum Gasteiger partial charge on any atom is -0.489 e. The van der Waals surface area contributed by atoms with E-state index in [0.717, 1.165) is 32.1 Å². The molecule has 2 aromatic carbocycles. The number of hydrogen-bond donors (Lipinski definition) is 1. The Balaban J connectivity index is 1.52. The molecule has 0 spiro atoms. The Kier molecular flexibility index (Phi) is 7.06. The molecule has 0 aromatic heterocycles. The summed E-state index contributed by atoms with van der Waals surface area (Å²) in [5.74, 6) is 0.655. The maximum absolute atomic E-state index is 13.3. The summed E-state index contributed by atoms with van der Waals surface area (Å²) in [6, 6.07) is 11.5. The number of carbonyl (C=O) groups is 2. The molecular formula is C26H31NO6. The lowest BCUT2D eigenvalue weighted by atomic mass is 9.89. The highest BCUT2D eigenvalue weighted by atomic mass is 16.7. The molecule has 2 aromatic rings. The summed E-state index contributed by atoms with van der Waals surface area (Å²) in [4.78, 5) is 25.9. The van der Waals surface area contributed by atoms with Crippen molar-refractivity contribution in [3.63, 3.8) is 0 Å². The van der Waals surface area contributed by atoms with E-state index in [4.69, 9.17) is 18.9 Å². The van der Waals surface area contributed by atoms with Gasteiger partial charge in [0.25, 0.3) is 5.91 Å². The van der Waals surface area contributed by atoms with Gasteiger partial charge in [-0.2, -0.15) is 0 Å². The van der Waals surface area contributed by atoms with Crippen molar-refractivity contribution in [1.29, 1.82) is 0 Å². The molecule has 0 unspecified atom stereocenters. The lowest BCUT2D eigenvalue weighted by Crippen LogP contribution is -2.54. The van der Waals surface area contributed by atoms with Crippen molar-refractivity contribution in [3.05, 3.63) is 53.1 Å². The summed E-state index contributed by atoms with van der Waals surface area (Å²) in [6.45, 7) is 2.55. The van der Waals surface area contributed by atoms with Crippen LogP contribution in [0, 0.1) is 6.92 Å². The molecule has 1 aliphatic heterocycles. The SMILES string of the molecule is COC(=O)C1(NC(=O)c2cc(OCCc3cccc(C)c3)c3c(c2)OCO3)CCCCCC1. The number of aryl methyl sites for hydroxylation is 1. The van der Waals surface area contributed by atoms with E-state index >= 15 is 0 Å². The smallest absolute Gasteiger partial charge is 0.331 e. The largest absolute Gasteiger partial charge is 0.489 e. The molecule has 33 heavy (non-hydrogen) atoms. The number of esters is 1. The van der Waals surface area contributed by atoms with E-state index in [9.17, 15) is 9.59 Å². The van der Waals surface area contributed by atoms with Crippen molar-refractivity contribution < 1.29 is 28.5 Å². The molecule has 4 rings (SSSR count). The first-order valence-electron chi connectivity index (χ1n) is 11.5. The molecule has 2 aliphatic rings. The molecule has 1 saturated carbocycles. The number of methoxy groups -OCH3 is 1. The minimum atomic E-state index is -1.01. The van der Waals surface area contributed by atoms with Crippen LogP contribution in [-0.4, -0.2) is 37.9 Å². The van der Waals surface area contributed by atoms with Gasteiger partial charge in [-0.1, -0.05) is 55.5 Å². The number of nitrogens with one attached hydrogen (secondary N) is 1. The zero-order valence-electron chi connectivity index (χ0n) is 19.3. The maximum atomic E-state index is 13.3. The van der Waals surface area contributed by atoms with Crippen LogP contribution in [0.15, 0.2) is 36.4 Å². The Morgan fingerprint density at radius 2 is 1.85 bits per heavy atom. The zero-order valence-corrected chi connectivity index (χ0v) is 19.3. The third-order valence-corrected chi connectivity index (χ3v) is 6.32. The molecule has 0 radical (unpaired) electrons. The van der Waals surface area contributed by atoms with Crippen LogP contribution in [0.4, 0.5) is 0 Å². The first-order chi connectivity index (χ1) is 16.0. The first kappa shape index (κ1) is 23.0.